The van der Waals surface area contributed by atoms with Crippen LogP contribution in [0.1, 0.15) is 0 Å². The van der Waals surface area contributed by atoms with Crippen LogP contribution >= 0.6 is 0 Å². The topological polar surface area (TPSA) is 110 Å². The van der Waals surface area contributed by atoms with Crippen molar-refractivity contribution >= 4 is 5.97 Å². The number of hydrogen-bond donors (Lipinski definition) is 3. The van der Waals surface area contributed by atoms with Crippen LogP contribution < -0.4 is 34.7 Å². The van der Waals surface area contributed by atoms with Crippen molar-refractivity contribution in [2.24, 2.45) is 0 Å². The van der Waals surface area contributed by atoms with Crippen LogP contribution in [0.3, 0.4) is 0 Å². The Morgan fingerprint density at radius 2 is 2.15 bits per heavy atom. The smallest absolute Gasteiger partial charge is 0.870 e. The number of aliphatic hydroxyl groups excluding tert-OH is 3. The number of esters is 1. The fraction of sp³-hybridized carbons (Fsp3) is 0.500. The Hall–Kier alpha value is -0.270. The molecule has 1 unspecified atom stereocenters. The number of carbonyl (C=O) groups is 1. The Kier molecular flexibility index (Phi) is 4.72. The zero-order chi connectivity index (χ0) is 9.30. The Labute approximate surface area is 95.7 Å². The summed E-state index contributed by atoms with van der Waals surface area (Å²) < 4.78 is 4.25. The van der Waals surface area contributed by atoms with Gasteiger partial charge in [0.1, 0.15) is 12.2 Å². The number of rotatable bonds is 2. The fourth-order valence-electron chi connectivity index (χ4n) is 0.809. The molecule has 0 aromatic carbocycles. The summed E-state index contributed by atoms with van der Waals surface area (Å²) in [6.45, 7) is -0.711. The van der Waals surface area contributed by atoms with Crippen LogP contribution in [0.5, 0.6) is 0 Å². The summed E-state index contributed by atoms with van der Waals surface area (Å²) in [4.78, 5) is 10.5. The predicted molar refractivity (Wildman–Crippen MR) is 32.6 cm³/mol. The second-order valence-corrected chi connectivity index (χ2v) is 2.29. The van der Waals surface area contributed by atoms with Crippen molar-refractivity contribution in [1.82, 2.24) is 0 Å². The first-order valence-electron chi connectivity index (χ1n) is 3.18. The third-order valence-electron chi connectivity index (χ3n) is 1.46. The van der Waals surface area contributed by atoms with Crippen LogP contribution in [-0.2, 0) is 9.53 Å². The quantitative estimate of drug-likeness (QED) is 0.301. The molecule has 0 amide bonds. The van der Waals surface area contributed by atoms with Crippen molar-refractivity contribution in [3.05, 3.63) is 11.5 Å². The van der Waals surface area contributed by atoms with Crippen LogP contribution in [0.4, 0.5) is 0 Å². The average Bonchev–Trinajstić information content (AvgIpc) is 2.32. The molecule has 0 saturated heterocycles. The Bertz CT molecular complexity index is 237. The summed E-state index contributed by atoms with van der Waals surface area (Å²) in [6.07, 6.45) is -2.95. The van der Waals surface area contributed by atoms with Gasteiger partial charge in [-0.15, -0.1) is 0 Å². The SMILES string of the molecule is O=C1OC([C@@H](O)CO)C([O-])=C1O.[Na+]. The maximum absolute atomic E-state index is 10.8. The minimum absolute atomic E-state index is 0. The number of hydrogen-bond acceptors (Lipinski definition) is 6. The van der Waals surface area contributed by atoms with Gasteiger partial charge in [-0.2, -0.15) is 0 Å². The monoisotopic (exact) mass is 198 g/mol. The summed E-state index contributed by atoms with van der Waals surface area (Å²) in [5, 5.41) is 36.8. The van der Waals surface area contributed by atoms with E-state index in [0.29, 0.717) is 0 Å². The molecule has 3 N–H and O–H groups in total. The molecule has 0 aromatic heterocycles. The van der Waals surface area contributed by atoms with Crippen molar-refractivity contribution in [2.75, 3.05) is 6.61 Å². The van der Waals surface area contributed by atoms with Gasteiger partial charge in [0.15, 0.2) is 5.76 Å². The Morgan fingerprint density at radius 3 is 2.46 bits per heavy atom. The van der Waals surface area contributed by atoms with E-state index in [-0.39, 0.29) is 29.6 Å². The van der Waals surface area contributed by atoms with E-state index in [1.807, 2.05) is 0 Å². The van der Waals surface area contributed by atoms with Gasteiger partial charge >= 0.3 is 35.5 Å². The van der Waals surface area contributed by atoms with Gasteiger partial charge in [-0.25, -0.2) is 4.79 Å². The molecule has 0 radical (unpaired) electrons. The van der Waals surface area contributed by atoms with Crippen LogP contribution in [0.15, 0.2) is 11.5 Å². The summed E-state index contributed by atoms with van der Waals surface area (Å²) >= 11 is 0. The maximum Gasteiger partial charge on any atom is 1.00 e. The molecule has 2 atom stereocenters. The molecule has 1 aliphatic rings. The van der Waals surface area contributed by atoms with E-state index in [9.17, 15) is 9.90 Å². The normalized spacial score (nSPS) is 23.8. The molecule has 0 bridgehead atoms. The molecule has 13 heavy (non-hydrogen) atoms. The maximum atomic E-state index is 10.8. The first-order valence-corrected chi connectivity index (χ1v) is 3.18. The summed E-state index contributed by atoms with van der Waals surface area (Å²) in [5.74, 6) is -3.20. The first kappa shape index (κ1) is 12.7. The average molecular weight is 198 g/mol. The number of ether oxygens (including phenoxy) is 1. The largest absolute Gasteiger partial charge is 1.00 e. The second-order valence-electron chi connectivity index (χ2n) is 2.29. The zero-order valence-corrected chi connectivity index (χ0v) is 8.93. The van der Waals surface area contributed by atoms with E-state index in [1.54, 1.807) is 0 Å². The van der Waals surface area contributed by atoms with Crippen LogP contribution in [0.2, 0.25) is 0 Å². The Balaban J connectivity index is 0.00000144. The molecule has 0 aromatic rings. The second kappa shape index (κ2) is 4.83. The van der Waals surface area contributed by atoms with Gasteiger partial charge in [-0.05, 0) is 5.76 Å². The van der Waals surface area contributed by atoms with E-state index >= 15 is 0 Å². The van der Waals surface area contributed by atoms with E-state index < -0.39 is 36.3 Å². The summed E-state index contributed by atoms with van der Waals surface area (Å²) in [6, 6.07) is 0. The van der Waals surface area contributed by atoms with Gasteiger partial charge in [-0.1, -0.05) is 0 Å². The number of carbonyl (C=O) groups excluding carboxylic acids is 1. The van der Waals surface area contributed by atoms with E-state index in [4.69, 9.17) is 15.3 Å². The molecule has 0 spiro atoms. The standard InChI is InChI=1S/C6H8O6.Na/c7-1-2(8)5-3(9)4(10)6(11)12-5;/h2,5,7-10H,1H2;/q;+1/p-1/t2-,5?;/m0./s1. The number of aliphatic hydroxyl groups is 3. The number of cyclic esters (lactones) is 1. The molecule has 0 aliphatic carbocycles. The van der Waals surface area contributed by atoms with Crippen molar-refractivity contribution < 1.29 is 59.5 Å². The third-order valence-corrected chi connectivity index (χ3v) is 1.46. The molecule has 0 saturated carbocycles. The van der Waals surface area contributed by atoms with E-state index in [2.05, 4.69) is 4.74 Å². The van der Waals surface area contributed by atoms with Crippen molar-refractivity contribution in [1.29, 1.82) is 0 Å². The molecule has 0 fully saturated rings. The molecule has 7 heteroatoms. The van der Waals surface area contributed by atoms with Crippen LogP contribution in [0, 0.1) is 0 Å². The minimum Gasteiger partial charge on any atom is -0.870 e. The Morgan fingerprint density at radius 1 is 1.62 bits per heavy atom. The van der Waals surface area contributed by atoms with Gasteiger partial charge in [0, 0.05) is 0 Å². The van der Waals surface area contributed by atoms with Gasteiger partial charge in [0.25, 0.3) is 0 Å². The van der Waals surface area contributed by atoms with Gasteiger partial charge in [0.2, 0.25) is 0 Å². The molecular formula is C6H7NaO6. The van der Waals surface area contributed by atoms with Crippen LogP contribution in [0.25, 0.3) is 0 Å². The first-order chi connectivity index (χ1) is 5.57. The van der Waals surface area contributed by atoms with Crippen molar-refractivity contribution in [2.45, 2.75) is 12.2 Å². The molecule has 68 valence electrons. The van der Waals surface area contributed by atoms with Gasteiger partial charge in [0.05, 0.1) is 6.61 Å². The van der Waals surface area contributed by atoms with Crippen molar-refractivity contribution in [3.8, 4) is 0 Å². The molecule has 1 aliphatic heterocycles. The molecule has 1 rings (SSSR count). The van der Waals surface area contributed by atoms with Crippen LogP contribution in [-0.4, -0.2) is 40.1 Å². The predicted octanol–water partition coefficient (Wildman–Crippen LogP) is -5.60. The van der Waals surface area contributed by atoms with E-state index in [0.717, 1.165) is 0 Å². The summed E-state index contributed by atoms with van der Waals surface area (Å²) in [7, 11) is 0. The fourth-order valence-corrected chi connectivity index (χ4v) is 0.809. The van der Waals surface area contributed by atoms with Gasteiger partial charge < -0.3 is 25.2 Å². The molecule has 1 heterocycles. The van der Waals surface area contributed by atoms with E-state index in [1.165, 1.54) is 0 Å². The minimum atomic E-state index is -1.48. The van der Waals surface area contributed by atoms with Gasteiger partial charge in [-0.3, -0.25) is 0 Å². The summed E-state index contributed by atoms with van der Waals surface area (Å²) in [5.41, 5.74) is 0. The molecular weight excluding hydrogens is 191 g/mol. The zero-order valence-electron chi connectivity index (χ0n) is 6.93. The molecule has 6 nitrogen and oxygen atoms in total. The third kappa shape index (κ3) is 2.35. The van der Waals surface area contributed by atoms with Crippen molar-refractivity contribution in [3.63, 3.8) is 0 Å².